The van der Waals surface area contributed by atoms with Gasteiger partial charge in [-0.05, 0) is 50.3 Å². The molecule has 0 amide bonds. The summed E-state index contributed by atoms with van der Waals surface area (Å²) < 4.78 is 0. The summed E-state index contributed by atoms with van der Waals surface area (Å²) >= 11 is 0. The largest absolute Gasteiger partial charge is 0.404 e. The van der Waals surface area contributed by atoms with Crippen molar-refractivity contribution in [3.8, 4) is 0 Å². The van der Waals surface area contributed by atoms with Crippen LogP contribution in [0.2, 0.25) is 0 Å². The van der Waals surface area contributed by atoms with Gasteiger partial charge in [0.15, 0.2) is 0 Å². The molecule has 0 spiro atoms. The second-order valence-electron chi connectivity index (χ2n) is 3.69. The molecular weight excluding hydrogens is 160 g/mol. The summed E-state index contributed by atoms with van der Waals surface area (Å²) in [6.45, 7) is 2.18. The zero-order valence-electron chi connectivity index (χ0n) is 8.22. The van der Waals surface area contributed by atoms with E-state index in [1.54, 1.807) is 6.20 Å². The van der Waals surface area contributed by atoms with Gasteiger partial charge in [-0.2, -0.15) is 0 Å². The molecule has 2 nitrogen and oxygen atoms in total. The van der Waals surface area contributed by atoms with Gasteiger partial charge in [0.2, 0.25) is 0 Å². The molecule has 0 saturated carbocycles. The lowest BCUT2D eigenvalue weighted by Gasteiger charge is -2.12. The quantitative estimate of drug-likeness (QED) is 0.495. The maximum absolute atomic E-state index is 7.22. The molecule has 0 aromatic carbocycles. The molecule has 0 bridgehead atoms. The number of nitrogens with one attached hydrogen (secondary N) is 1. The lowest BCUT2D eigenvalue weighted by Crippen LogP contribution is -2.05. The van der Waals surface area contributed by atoms with Crippen LogP contribution in [0.15, 0.2) is 23.4 Å². The fourth-order valence-corrected chi connectivity index (χ4v) is 1.80. The Kier molecular flexibility index (Phi) is 3.74. The molecule has 1 aliphatic rings. The Morgan fingerprint density at radius 3 is 3.08 bits per heavy atom. The highest BCUT2D eigenvalue weighted by molar-refractivity contribution is 5.76. The van der Waals surface area contributed by atoms with E-state index in [0.717, 1.165) is 18.4 Å². The molecule has 0 saturated heterocycles. The van der Waals surface area contributed by atoms with Crippen molar-refractivity contribution >= 4 is 6.21 Å². The fraction of sp³-hybridized carbons (Fsp3) is 0.545. The molecule has 0 heterocycles. The van der Waals surface area contributed by atoms with Crippen molar-refractivity contribution in [3.63, 3.8) is 0 Å². The first-order valence-corrected chi connectivity index (χ1v) is 4.86. The SMILES string of the molecule is CC1=CCC(/C(C=N)=C/N)CCC1. The van der Waals surface area contributed by atoms with Crippen LogP contribution in [0.4, 0.5) is 0 Å². The Morgan fingerprint density at radius 2 is 2.46 bits per heavy atom. The summed E-state index contributed by atoms with van der Waals surface area (Å²) in [6.07, 6.45) is 9.87. The highest BCUT2D eigenvalue weighted by atomic mass is 14.5. The van der Waals surface area contributed by atoms with E-state index in [1.807, 2.05) is 0 Å². The van der Waals surface area contributed by atoms with Crippen LogP contribution in [0, 0.1) is 11.3 Å². The topological polar surface area (TPSA) is 49.9 Å². The molecule has 13 heavy (non-hydrogen) atoms. The van der Waals surface area contributed by atoms with Crippen molar-refractivity contribution in [2.75, 3.05) is 0 Å². The Hall–Kier alpha value is -1.05. The van der Waals surface area contributed by atoms with Crippen LogP contribution in [0.3, 0.4) is 0 Å². The van der Waals surface area contributed by atoms with Gasteiger partial charge in [0.1, 0.15) is 0 Å². The fourth-order valence-electron chi connectivity index (χ4n) is 1.80. The Labute approximate surface area is 80.0 Å². The Balaban J connectivity index is 2.66. The number of allylic oxidation sites excluding steroid dienone is 3. The molecule has 3 N–H and O–H groups in total. The summed E-state index contributed by atoms with van der Waals surface area (Å²) in [6, 6.07) is 0. The maximum Gasteiger partial charge on any atom is 0.0227 e. The first-order valence-electron chi connectivity index (χ1n) is 4.86. The molecular formula is C11H18N2. The van der Waals surface area contributed by atoms with Gasteiger partial charge in [-0.15, -0.1) is 0 Å². The summed E-state index contributed by atoms with van der Waals surface area (Å²) in [5, 5.41) is 7.22. The van der Waals surface area contributed by atoms with Crippen LogP contribution in [0.5, 0.6) is 0 Å². The van der Waals surface area contributed by atoms with E-state index in [9.17, 15) is 0 Å². The molecule has 0 aromatic heterocycles. The summed E-state index contributed by atoms with van der Waals surface area (Å²) in [4.78, 5) is 0. The van der Waals surface area contributed by atoms with Gasteiger partial charge in [-0.3, -0.25) is 0 Å². The van der Waals surface area contributed by atoms with Crippen LogP contribution in [0.25, 0.3) is 0 Å². The van der Waals surface area contributed by atoms with Crippen molar-refractivity contribution in [2.24, 2.45) is 11.7 Å². The van der Waals surface area contributed by atoms with Gasteiger partial charge in [0.05, 0.1) is 0 Å². The van der Waals surface area contributed by atoms with Gasteiger partial charge in [-0.1, -0.05) is 11.6 Å². The first-order chi connectivity index (χ1) is 6.27. The molecule has 1 atom stereocenters. The van der Waals surface area contributed by atoms with E-state index in [0.29, 0.717) is 5.92 Å². The number of hydrogen-bond donors (Lipinski definition) is 2. The third-order valence-electron chi connectivity index (χ3n) is 2.71. The second kappa shape index (κ2) is 4.85. The van der Waals surface area contributed by atoms with Gasteiger partial charge < -0.3 is 11.1 Å². The van der Waals surface area contributed by atoms with Gasteiger partial charge in [0, 0.05) is 6.21 Å². The highest BCUT2D eigenvalue weighted by Gasteiger charge is 2.13. The van der Waals surface area contributed by atoms with Crippen molar-refractivity contribution in [1.29, 1.82) is 5.41 Å². The minimum atomic E-state index is 0.472. The minimum Gasteiger partial charge on any atom is -0.404 e. The molecule has 1 unspecified atom stereocenters. The lowest BCUT2D eigenvalue weighted by molar-refractivity contribution is 0.572. The average Bonchev–Trinajstić information content (AvgIpc) is 2.34. The molecule has 1 rings (SSSR count). The second-order valence-corrected chi connectivity index (χ2v) is 3.69. The smallest absolute Gasteiger partial charge is 0.0227 e. The summed E-state index contributed by atoms with van der Waals surface area (Å²) in [7, 11) is 0. The van der Waals surface area contributed by atoms with E-state index in [-0.39, 0.29) is 0 Å². The molecule has 1 aliphatic carbocycles. The van der Waals surface area contributed by atoms with Crippen molar-refractivity contribution < 1.29 is 0 Å². The van der Waals surface area contributed by atoms with E-state index in [2.05, 4.69) is 13.0 Å². The normalized spacial score (nSPS) is 24.8. The Bertz CT molecular complexity index is 238. The number of nitrogens with two attached hydrogens (primary N) is 1. The van der Waals surface area contributed by atoms with E-state index in [4.69, 9.17) is 11.1 Å². The Morgan fingerprint density at radius 1 is 1.69 bits per heavy atom. The molecule has 0 aromatic rings. The van der Waals surface area contributed by atoms with Crippen molar-refractivity contribution in [2.45, 2.75) is 32.6 Å². The standard InChI is InChI=1S/C11H18N2/c1-9-3-2-4-10(6-5-9)11(7-12)8-13/h5,7-8,10,12H,2-4,6,13H2,1H3/b11-8+,12-7?. The van der Waals surface area contributed by atoms with Gasteiger partial charge in [0.25, 0.3) is 0 Å². The highest BCUT2D eigenvalue weighted by Crippen LogP contribution is 2.26. The van der Waals surface area contributed by atoms with Crippen LogP contribution in [-0.4, -0.2) is 6.21 Å². The van der Waals surface area contributed by atoms with Crippen LogP contribution >= 0.6 is 0 Å². The van der Waals surface area contributed by atoms with Gasteiger partial charge in [-0.25, -0.2) is 0 Å². The van der Waals surface area contributed by atoms with E-state index >= 15 is 0 Å². The molecule has 72 valence electrons. The predicted molar refractivity (Wildman–Crippen MR) is 56.8 cm³/mol. The third-order valence-corrected chi connectivity index (χ3v) is 2.71. The minimum absolute atomic E-state index is 0.472. The zero-order chi connectivity index (χ0) is 9.68. The van der Waals surface area contributed by atoms with Crippen LogP contribution in [0.1, 0.15) is 32.6 Å². The predicted octanol–water partition coefficient (Wildman–Crippen LogP) is 2.62. The van der Waals surface area contributed by atoms with Crippen LogP contribution in [-0.2, 0) is 0 Å². The summed E-state index contributed by atoms with van der Waals surface area (Å²) in [5.74, 6) is 0.472. The first kappa shape index (κ1) is 10.0. The summed E-state index contributed by atoms with van der Waals surface area (Å²) in [5.41, 5.74) is 7.92. The zero-order valence-corrected chi connectivity index (χ0v) is 8.22. The third kappa shape index (κ3) is 2.72. The molecule has 0 fully saturated rings. The van der Waals surface area contributed by atoms with E-state index in [1.165, 1.54) is 24.6 Å². The molecule has 0 radical (unpaired) electrons. The molecule has 2 heteroatoms. The van der Waals surface area contributed by atoms with E-state index < -0.39 is 0 Å². The number of hydrogen-bond acceptors (Lipinski definition) is 2. The lowest BCUT2D eigenvalue weighted by atomic mass is 9.93. The molecule has 0 aliphatic heterocycles. The maximum atomic E-state index is 7.22. The average molecular weight is 178 g/mol. The van der Waals surface area contributed by atoms with Crippen LogP contribution < -0.4 is 5.73 Å². The van der Waals surface area contributed by atoms with Crippen molar-refractivity contribution in [3.05, 3.63) is 23.4 Å². The van der Waals surface area contributed by atoms with Gasteiger partial charge >= 0.3 is 0 Å². The van der Waals surface area contributed by atoms with Crippen molar-refractivity contribution in [1.82, 2.24) is 0 Å². The monoisotopic (exact) mass is 178 g/mol. The number of rotatable bonds is 2.